The number of alkyl halides is 1. The molecule has 1 aromatic carbocycles. The van der Waals surface area contributed by atoms with Crippen molar-refractivity contribution in [1.82, 2.24) is 5.32 Å². The van der Waals surface area contributed by atoms with Gasteiger partial charge in [-0.05, 0) is 29.7 Å². The number of benzene rings is 1. The average molecular weight is 294 g/mol. The molecule has 1 heterocycles. The van der Waals surface area contributed by atoms with Gasteiger partial charge in [0.05, 0.1) is 4.88 Å². The Morgan fingerprint density at radius 3 is 2.42 bits per heavy atom. The second kappa shape index (κ2) is 6.73. The first kappa shape index (κ1) is 14.1. The normalized spacial score (nSPS) is 10.4. The summed E-state index contributed by atoms with van der Waals surface area (Å²) in [6.45, 7) is 2.63. The zero-order valence-electron chi connectivity index (χ0n) is 10.8. The van der Waals surface area contributed by atoms with E-state index < -0.39 is 0 Å². The third-order valence-corrected chi connectivity index (χ3v) is 4.40. The summed E-state index contributed by atoms with van der Waals surface area (Å²) < 4.78 is 0. The molecule has 0 aliphatic carbocycles. The number of carbonyl (C=O) groups excluding carboxylic acids is 1. The smallest absolute Gasteiger partial charge is 0.261 e. The van der Waals surface area contributed by atoms with Crippen LogP contribution in [0.1, 0.15) is 32.6 Å². The number of rotatable bonds is 5. The highest BCUT2D eigenvalue weighted by molar-refractivity contribution is 7.14. The lowest BCUT2D eigenvalue weighted by atomic mass is 10.1. The molecule has 0 spiro atoms. The van der Waals surface area contributed by atoms with Crippen LogP contribution in [0.5, 0.6) is 0 Å². The molecular weight excluding hydrogens is 278 g/mol. The number of nitrogens with one attached hydrogen (secondary N) is 1. The monoisotopic (exact) mass is 293 g/mol. The van der Waals surface area contributed by atoms with Crippen LogP contribution in [0.4, 0.5) is 0 Å². The van der Waals surface area contributed by atoms with E-state index >= 15 is 0 Å². The first-order valence-electron chi connectivity index (χ1n) is 6.23. The van der Waals surface area contributed by atoms with E-state index in [0.717, 1.165) is 22.4 Å². The van der Waals surface area contributed by atoms with Crippen LogP contribution in [0.2, 0.25) is 0 Å². The molecule has 2 rings (SSSR count). The van der Waals surface area contributed by atoms with Crippen molar-refractivity contribution in [3.05, 3.63) is 57.3 Å². The van der Waals surface area contributed by atoms with Crippen LogP contribution in [0.15, 0.2) is 36.4 Å². The van der Waals surface area contributed by atoms with Crippen molar-refractivity contribution in [3.63, 3.8) is 0 Å². The fourth-order valence-corrected chi connectivity index (χ4v) is 2.75. The lowest BCUT2D eigenvalue weighted by Gasteiger charge is -2.04. The number of hydrogen-bond donors (Lipinski definition) is 1. The van der Waals surface area contributed by atoms with Gasteiger partial charge >= 0.3 is 0 Å². The van der Waals surface area contributed by atoms with Crippen LogP contribution >= 0.6 is 22.9 Å². The summed E-state index contributed by atoms with van der Waals surface area (Å²) in [5.41, 5.74) is 2.16. The Morgan fingerprint density at radius 2 is 1.84 bits per heavy atom. The van der Waals surface area contributed by atoms with Gasteiger partial charge in [0.1, 0.15) is 0 Å². The summed E-state index contributed by atoms with van der Waals surface area (Å²) in [4.78, 5) is 14.0. The number of hydrogen-bond acceptors (Lipinski definition) is 2. The van der Waals surface area contributed by atoms with Gasteiger partial charge in [0, 0.05) is 17.3 Å². The Bertz CT molecular complexity index is 548. The molecule has 0 radical (unpaired) electrons. The van der Waals surface area contributed by atoms with E-state index in [0.29, 0.717) is 12.4 Å². The zero-order chi connectivity index (χ0) is 13.7. The molecule has 0 unspecified atom stereocenters. The van der Waals surface area contributed by atoms with Crippen LogP contribution in [-0.2, 0) is 18.8 Å². The summed E-state index contributed by atoms with van der Waals surface area (Å²) in [7, 11) is 0. The average Bonchev–Trinajstić information content (AvgIpc) is 2.94. The number of thiophene rings is 1. The molecule has 100 valence electrons. The minimum atomic E-state index is -0.00822. The van der Waals surface area contributed by atoms with Crippen molar-refractivity contribution in [2.24, 2.45) is 0 Å². The van der Waals surface area contributed by atoms with Crippen LogP contribution in [0.3, 0.4) is 0 Å². The highest BCUT2D eigenvalue weighted by atomic mass is 35.5. The van der Waals surface area contributed by atoms with Gasteiger partial charge in [-0.1, -0.05) is 31.2 Å². The summed E-state index contributed by atoms with van der Waals surface area (Å²) >= 11 is 7.29. The van der Waals surface area contributed by atoms with E-state index in [1.54, 1.807) is 11.3 Å². The van der Waals surface area contributed by atoms with E-state index in [1.165, 1.54) is 4.88 Å². The molecule has 0 fully saturated rings. The third kappa shape index (κ3) is 3.82. The fraction of sp³-hybridized carbons (Fsp3) is 0.267. The number of carbonyl (C=O) groups is 1. The largest absolute Gasteiger partial charge is 0.347 e. The maximum atomic E-state index is 11.9. The standard InChI is InChI=1S/C15H16ClNOS/c1-2-13-7-8-14(19-13)15(18)17-10-12-5-3-11(9-16)4-6-12/h3-8H,2,9-10H2,1H3,(H,17,18). The minimum Gasteiger partial charge on any atom is -0.347 e. The van der Waals surface area contributed by atoms with Gasteiger partial charge in [-0.15, -0.1) is 22.9 Å². The first-order valence-corrected chi connectivity index (χ1v) is 7.58. The predicted octanol–water partition coefficient (Wildman–Crippen LogP) is 3.98. The predicted molar refractivity (Wildman–Crippen MR) is 80.9 cm³/mol. The second-order valence-electron chi connectivity index (χ2n) is 4.25. The van der Waals surface area contributed by atoms with Crippen molar-refractivity contribution in [3.8, 4) is 0 Å². The van der Waals surface area contributed by atoms with E-state index in [9.17, 15) is 4.79 Å². The fourth-order valence-electron chi connectivity index (χ4n) is 1.71. The van der Waals surface area contributed by atoms with Crippen molar-refractivity contribution in [2.75, 3.05) is 0 Å². The molecule has 0 bridgehead atoms. The highest BCUT2D eigenvalue weighted by Gasteiger charge is 2.08. The Hall–Kier alpha value is -1.32. The molecule has 1 amide bonds. The number of aryl methyl sites for hydroxylation is 1. The van der Waals surface area contributed by atoms with Crippen molar-refractivity contribution in [1.29, 1.82) is 0 Å². The molecular formula is C15H16ClNOS. The molecule has 2 nitrogen and oxygen atoms in total. The van der Waals surface area contributed by atoms with Crippen LogP contribution in [-0.4, -0.2) is 5.91 Å². The van der Waals surface area contributed by atoms with Gasteiger partial charge in [0.15, 0.2) is 0 Å². The highest BCUT2D eigenvalue weighted by Crippen LogP contribution is 2.16. The van der Waals surface area contributed by atoms with E-state index in [1.807, 2.05) is 36.4 Å². The second-order valence-corrected chi connectivity index (χ2v) is 5.69. The van der Waals surface area contributed by atoms with E-state index in [4.69, 9.17) is 11.6 Å². The molecule has 0 atom stereocenters. The number of halogens is 1. The minimum absolute atomic E-state index is 0.00822. The van der Waals surface area contributed by atoms with E-state index in [2.05, 4.69) is 12.2 Å². The molecule has 0 saturated heterocycles. The van der Waals surface area contributed by atoms with Gasteiger partial charge < -0.3 is 5.32 Å². The molecule has 0 saturated carbocycles. The zero-order valence-corrected chi connectivity index (χ0v) is 12.4. The maximum Gasteiger partial charge on any atom is 0.261 e. The molecule has 0 aliphatic rings. The lowest BCUT2D eigenvalue weighted by molar-refractivity contribution is 0.0955. The summed E-state index contributed by atoms with van der Waals surface area (Å²) in [6, 6.07) is 11.8. The summed E-state index contributed by atoms with van der Waals surface area (Å²) in [5, 5.41) is 2.93. The van der Waals surface area contributed by atoms with Crippen molar-refractivity contribution >= 4 is 28.8 Å². The molecule has 19 heavy (non-hydrogen) atoms. The van der Waals surface area contributed by atoms with Crippen LogP contribution in [0.25, 0.3) is 0 Å². The van der Waals surface area contributed by atoms with Gasteiger partial charge in [0.2, 0.25) is 0 Å². The first-order chi connectivity index (χ1) is 9.22. The molecule has 2 aromatic rings. The van der Waals surface area contributed by atoms with Gasteiger partial charge in [-0.25, -0.2) is 0 Å². The summed E-state index contributed by atoms with van der Waals surface area (Å²) in [5.74, 6) is 0.507. The Morgan fingerprint density at radius 1 is 1.16 bits per heavy atom. The van der Waals surface area contributed by atoms with Crippen molar-refractivity contribution < 1.29 is 4.79 Å². The van der Waals surface area contributed by atoms with Gasteiger partial charge in [0.25, 0.3) is 5.91 Å². The Balaban J connectivity index is 1.92. The maximum absolute atomic E-state index is 11.9. The molecule has 4 heteroatoms. The molecule has 1 N–H and O–H groups in total. The Kier molecular flexibility index (Phi) is 5.00. The quantitative estimate of drug-likeness (QED) is 0.830. The SMILES string of the molecule is CCc1ccc(C(=O)NCc2ccc(CCl)cc2)s1. The lowest BCUT2D eigenvalue weighted by Crippen LogP contribution is -2.21. The topological polar surface area (TPSA) is 29.1 Å². The molecule has 1 aromatic heterocycles. The van der Waals surface area contributed by atoms with Gasteiger partial charge in [-0.2, -0.15) is 0 Å². The Labute approximate surface area is 122 Å². The van der Waals surface area contributed by atoms with Crippen LogP contribution in [0, 0.1) is 0 Å². The summed E-state index contributed by atoms with van der Waals surface area (Å²) in [6.07, 6.45) is 0.970. The van der Waals surface area contributed by atoms with Crippen LogP contribution < -0.4 is 5.32 Å². The third-order valence-electron chi connectivity index (χ3n) is 2.86. The molecule has 0 aliphatic heterocycles. The van der Waals surface area contributed by atoms with E-state index in [-0.39, 0.29) is 5.91 Å². The van der Waals surface area contributed by atoms with Crippen molar-refractivity contribution in [2.45, 2.75) is 25.8 Å². The van der Waals surface area contributed by atoms with Gasteiger partial charge in [-0.3, -0.25) is 4.79 Å². The number of amides is 1.